The van der Waals surface area contributed by atoms with Crippen LogP contribution in [-0.4, -0.2) is 65.3 Å². The number of ether oxygens (including phenoxy) is 2. The summed E-state index contributed by atoms with van der Waals surface area (Å²) in [7, 11) is 0. The van der Waals surface area contributed by atoms with E-state index in [1.165, 1.54) is 6.07 Å². The Bertz CT molecular complexity index is 973. The van der Waals surface area contributed by atoms with Crippen molar-refractivity contribution in [3.8, 4) is 5.75 Å². The van der Waals surface area contributed by atoms with E-state index in [2.05, 4.69) is 21.8 Å². The number of anilines is 1. The average molecular weight is 455 g/mol. The Labute approximate surface area is 193 Å². The zero-order valence-electron chi connectivity index (χ0n) is 19.1. The molecule has 176 valence electrons. The molecule has 1 aromatic carbocycles. The van der Waals surface area contributed by atoms with E-state index < -0.39 is 0 Å². The van der Waals surface area contributed by atoms with E-state index in [-0.39, 0.29) is 34.6 Å². The van der Waals surface area contributed by atoms with Crippen LogP contribution in [0.25, 0.3) is 0 Å². The minimum atomic E-state index is -0.358. The number of nitrogens with zero attached hydrogens (tertiary/aromatic N) is 4. The number of benzene rings is 1. The maximum absolute atomic E-state index is 13.9. The van der Waals surface area contributed by atoms with Gasteiger partial charge in [0.05, 0.1) is 12.2 Å². The molecule has 0 saturated carbocycles. The lowest BCUT2D eigenvalue weighted by atomic mass is 9.78. The van der Waals surface area contributed by atoms with E-state index in [4.69, 9.17) is 9.47 Å². The number of hydrogen-bond donors (Lipinski definition) is 0. The predicted molar refractivity (Wildman–Crippen MR) is 122 cm³/mol. The van der Waals surface area contributed by atoms with Crippen LogP contribution in [0.2, 0.25) is 0 Å². The minimum absolute atomic E-state index is 0.161. The molecule has 0 N–H and O–H groups in total. The first-order valence-corrected chi connectivity index (χ1v) is 11.8. The summed E-state index contributed by atoms with van der Waals surface area (Å²) in [5.41, 5.74) is -0.635. The largest absolute Gasteiger partial charge is 0.485 e. The molecule has 0 radical (unpaired) electrons. The number of rotatable bonds is 4. The van der Waals surface area contributed by atoms with Crippen LogP contribution in [-0.2, 0) is 9.53 Å². The summed E-state index contributed by atoms with van der Waals surface area (Å²) in [6.45, 7) is 5.48. The van der Waals surface area contributed by atoms with Crippen molar-refractivity contribution >= 4 is 11.9 Å². The zero-order chi connectivity index (χ0) is 22.9. The van der Waals surface area contributed by atoms with Crippen LogP contribution >= 0.6 is 0 Å². The lowest BCUT2D eigenvalue weighted by Crippen LogP contribution is -2.53. The molecule has 0 aliphatic carbocycles. The molecule has 3 fully saturated rings. The van der Waals surface area contributed by atoms with Gasteiger partial charge < -0.3 is 19.3 Å². The van der Waals surface area contributed by atoms with Crippen LogP contribution in [0.5, 0.6) is 5.75 Å². The van der Waals surface area contributed by atoms with Crippen LogP contribution in [0.3, 0.4) is 0 Å². The van der Waals surface area contributed by atoms with Gasteiger partial charge in [-0.25, -0.2) is 14.4 Å². The van der Waals surface area contributed by atoms with Gasteiger partial charge >= 0.3 is 0 Å². The van der Waals surface area contributed by atoms with E-state index in [9.17, 15) is 9.18 Å². The van der Waals surface area contributed by atoms with Gasteiger partial charge in [0.2, 0.25) is 11.9 Å². The normalized spacial score (nSPS) is 24.1. The third kappa shape index (κ3) is 4.53. The summed E-state index contributed by atoms with van der Waals surface area (Å²) in [6.07, 6.45) is 7.23. The monoisotopic (exact) mass is 454 g/mol. The first kappa shape index (κ1) is 22.1. The fraction of sp³-hybridized carbons (Fsp3) is 0.560. The number of halogens is 1. The molecule has 33 heavy (non-hydrogen) atoms. The molecule has 1 spiro atoms. The fourth-order valence-corrected chi connectivity index (χ4v) is 5.31. The molecule has 1 atom stereocenters. The minimum Gasteiger partial charge on any atom is -0.485 e. The summed E-state index contributed by atoms with van der Waals surface area (Å²) in [6, 6.07) is 8.29. The molecule has 3 saturated heterocycles. The highest BCUT2D eigenvalue weighted by atomic mass is 19.1. The van der Waals surface area contributed by atoms with Gasteiger partial charge in [0.15, 0.2) is 11.6 Å². The van der Waals surface area contributed by atoms with Crippen molar-refractivity contribution in [2.24, 2.45) is 5.41 Å². The Morgan fingerprint density at radius 2 is 1.76 bits per heavy atom. The van der Waals surface area contributed by atoms with Gasteiger partial charge in [0.25, 0.3) is 0 Å². The third-order valence-electron chi connectivity index (χ3n) is 7.49. The van der Waals surface area contributed by atoms with Crippen molar-refractivity contribution in [1.82, 2.24) is 14.9 Å². The smallest absolute Gasteiger partial charge is 0.228 e. The van der Waals surface area contributed by atoms with Gasteiger partial charge in [0.1, 0.15) is 6.10 Å². The Morgan fingerprint density at radius 3 is 2.45 bits per heavy atom. The van der Waals surface area contributed by atoms with E-state index in [1.54, 1.807) is 30.6 Å². The Balaban J connectivity index is 1.14. The highest BCUT2D eigenvalue weighted by Gasteiger charge is 2.47. The van der Waals surface area contributed by atoms with E-state index in [0.29, 0.717) is 19.7 Å². The van der Waals surface area contributed by atoms with Gasteiger partial charge in [-0.05, 0) is 43.9 Å². The number of carbonyl (C=O) groups excluding carboxylic acids is 1. The number of piperidine rings is 2. The molecule has 7 nitrogen and oxygen atoms in total. The molecular formula is C25H31FN4O3. The van der Waals surface area contributed by atoms with Crippen molar-refractivity contribution < 1.29 is 18.7 Å². The average Bonchev–Trinajstić information content (AvgIpc) is 3.23. The van der Waals surface area contributed by atoms with Gasteiger partial charge in [-0.15, -0.1) is 0 Å². The number of para-hydroxylation sites is 1. The Kier molecular flexibility index (Phi) is 5.95. The second kappa shape index (κ2) is 8.89. The zero-order valence-corrected chi connectivity index (χ0v) is 19.1. The molecule has 4 heterocycles. The van der Waals surface area contributed by atoms with Crippen LogP contribution in [0.1, 0.15) is 39.0 Å². The topological polar surface area (TPSA) is 67.8 Å². The molecule has 1 aromatic heterocycles. The number of aromatic nitrogens is 2. The van der Waals surface area contributed by atoms with Crippen molar-refractivity contribution in [3.05, 3.63) is 48.5 Å². The van der Waals surface area contributed by atoms with Gasteiger partial charge in [-0.1, -0.05) is 19.1 Å². The maximum atomic E-state index is 13.9. The quantitative estimate of drug-likeness (QED) is 0.705. The molecule has 0 bridgehead atoms. The summed E-state index contributed by atoms with van der Waals surface area (Å²) in [5.74, 6) is 0.897. The molecular weight excluding hydrogens is 423 g/mol. The summed E-state index contributed by atoms with van der Waals surface area (Å²) in [4.78, 5) is 26.3. The van der Waals surface area contributed by atoms with Crippen LogP contribution < -0.4 is 9.64 Å². The summed E-state index contributed by atoms with van der Waals surface area (Å²) >= 11 is 0. The van der Waals surface area contributed by atoms with Gasteiger partial charge in [-0.3, -0.25) is 4.79 Å². The predicted octanol–water partition coefficient (Wildman–Crippen LogP) is 3.45. The van der Waals surface area contributed by atoms with Crippen LogP contribution in [0.4, 0.5) is 10.3 Å². The van der Waals surface area contributed by atoms with E-state index in [1.807, 2.05) is 11.0 Å². The van der Waals surface area contributed by atoms with Crippen LogP contribution in [0, 0.1) is 11.2 Å². The number of hydrogen-bond acceptors (Lipinski definition) is 6. The SMILES string of the molecule is CC1(C(=O)N2CCC3(CC2)CC(Oc2ccccc2F)CO3)CCN(c2ncccn2)CC1. The molecule has 3 aliphatic heterocycles. The molecule has 8 heteroatoms. The first-order valence-electron chi connectivity index (χ1n) is 11.8. The molecule has 3 aliphatic rings. The number of carbonyl (C=O) groups is 1. The molecule has 1 unspecified atom stereocenters. The summed E-state index contributed by atoms with van der Waals surface area (Å²) in [5, 5.41) is 0. The number of likely N-dealkylation sites (tertiary alicyclic amines) is 1. The second-order valence-electron chi connectivity index (χ2n) is 9.76. The van der Waals surface area contributed by atoms with Crippen LogP contribution in [0.15, 0.2) is 42.7 Å². The highest BCUT2D eigenvalue weighted by molar-refractivity contribution is 5.82. The molecule has 5 rings (SSSR count). The number of amides is 1. The lowest BCUT2D eigenvalue weighted by Gasteiger charge is -2.44. The first-order chi connectivity index (χ1) is 16.0. The lowest BCUT2D eigenvalue weighted by molar-refractivity contribution is -0.147. The second-order valence-corrected chi connectivity index (χ2v) is 9.76. The maximum Gasteiger partial charge on any atom is 0.228 e. The molecule has 1 amide bonds. The highest BCUT2D eigenvalue weighted by Crippen LogP contribution is 2.40. The van der Waals surface area contributed by atoms with Gasteiger partial charge in [-0.2, -0.15) is 0 Å². The van der Waals surface area contributed by atoms with Crippen molar-refractivity contribution in [2.75, 3.05) is 37.7 Å². The Morgan fingerprint density at radius 1 is 1.06 bits per heavy atom. The van der Waals surface area contributed by atoms with E-state index in [0.717, 1.165) is 51.1 Å². The standard InChI is InChI=1S/C25H31FN4O3/c1-24(7-13-30(14-8-24)23-27-11-4-12-28-23)22(31)29-15-9-25(10-16-29)17-19(18-32-25)33-21-6-3-2-5-20(21)26/h2-6,11-12,19H,7-10,13-18H2,1H3. The third-order valence-corrected chi connectivity index (χ3v) is 7.49. The van der Waals surface area contributed by atoms with Crippen molar-refractivity contribution in [2.45, 2.75) is 50.7 Å². The summed E-state index contributed by atoms with van der Waals surface area (Å²) < 4.78 is 26.0. The van der Waals surface area contributed by atoms with E-state index >= 15 is 0 Å². The fourth-order valence-electron chi connectivity index (χ4n) is 5.31. The Hall–Kier alpha value is -2.74. The van der Waals surface area contributed by atoms with Crippen molar-refractivity contribution in [3.63, 3.8) is 0 Å². The molecule has 2 aromatic rings. The van der Waals surface area contributed by atoms with Gasteiger partial charge in [0, 0.05) is 50.4 Å². The van der Waals surface area contributed by atoms with Crippen molar-refractivity contribution in [1.29, 1.82) is 0 Å².